The lowest BCUT2D eigenvalue weighted by Gasteiger charge is -2.09. The molecule has 1 aromatic rings. The first-order valence-electron chi connectivity index (χ1n) is 5.00. The summed E-state index contributed by atoms with van der Waals surface area (Å²) in [6.07, 6.45) is -0.220. The van der Waals surface area contributed by atoms with E-state index >= 15 is 0 Å². The van der Waals surface area contributed by atoms with Gasteiger partial charge in [0.1, 0.15) is 11.7 Å². The van der Waals surface area contributed by atoms with E-state index in [0.29, 0.717) is 0 Å². The summed E-state index contributed by atoms with van der Waals surface area (Å²) in [6, 6.07) is 4.17. The summed E-state index contributed by atoms with van der Waals surface area (Å²) in [6.45, 7) is 1.42. The molecular weight excluding hydrogens is 247 g/mol. The monoisotopic (exact) mass is 258 g/mol. The zero-order valence-electron chi connectivity index (χ0n) is 9.50. The molecule has 0 aromatic heterocycles. The molecule has 0 N–H and O–H groups in total. The number of carbonyl (C=O) groups is 2. The number of halogens is 2. The van der Waals surface area contributed by atoms with Crippen molar-refractivity contribution in [2.45, 2.75) is 13.3 Å². The van der Waals surface area contributed by atoms with Gasteiger partial charge in [-0.25, -0.2) is 4.39 Å². The largest absolute Gasteiger partial charge is 0.468 e. The molecule has 0 saturated carbocycles. The Labute approximate surface area is 104 Å². The molecule has 0 aliphatic rings. The number of Topliss-reactive ketones (excluding diaryl/α,β-unsaturated/α-hetero) is 1. The van der Waals surface area contributed by atoms with Gasteiger partial charge in [0.25, 0.3) is 0 Å². The molecular formula is C12H12ClFO3. The summed E-state index contributed by atoms with van der Waals surface area (Å²) >= 11 is 5.78. The quantitative estimate of drug-likeness (QED) is 0.615. The highest BCUT2D eigenvalue weighted by molar-refractivity contribution is 6.31. The van der Waals surface area contributed by atoms with Crippen molar-refractivity contribution in [2.24, 2.45) is 5.92 Å². The summed E-state index contributed by atoms with van der Waals surface area (Å²) in [5.41, 5.74) is 0.106. The fourth-order valence-electron chi connectivity index (χ4n) is 1.34. The highest BCUT2D eigenvalue weighted by Gasteiger charge is 2.23. The smallest absolute Gasteiger partial charge is 0.315 e. The van der Waals surface area contributed by atoms with E-state index in [2.05, 4.69) is 4.74 Å². The maximum absolute atomic E-state index is 13.4. The first-order valence-corrected chi connectivity index (χ1v) is 5.38. The van der Waals surface area contributed by atoms with Gasteiger partial charge in [0, 0.05) is 17.0 Å². The third-order valence-corrected chi connectivity index (χ3v) is 2.80. The van der Waals surface area contributed by atoms with Crippen molar-refractivity contribution >= 4 is 23.4 Å². The van der Waals surface area contributed by atoms with Crippen LogP contribution in [0.2, 0.25) is 5.02 Å². The Morgan fingerprint density at radius 1 is 1.47 bits per heavy atom. The lowest BCUT2D eigenvalue weighted by atomic mass is 9.99. The zero-order chi connectivity index (χ0) is 13.0. The van der Waals surface area contributed by atoms with Crippen molar-refractivity contribution in [3.8, 4) is 0 Å². The Bertz CT molecular complexity index is 425. The SMILES string of the molecule is COC(=O)C(C)C(=O)Cc1c(F)cccc1Cl. The maximum Gasteiger partial charge on any atom is 0.315 e. The fraction of sp³-hybridized carbons (Fsp3) is 0.333. The Morgan fingerprint density at radius 3 is 2.65 bits per heavy atom. The molecule has 1 rings (SSSR count). The van der Waals surface area contributed by atoms with Gasteiger partial charge in [-0.1, -0.05) is 17.7 Å². The minimum absolute atomic E-state index is 0.106. The Hall–Kier alpha value is -1.42. The number of ether oxygens (including phenoxy) is 1. The van der Waals surface area contributed by atoms with E-state index in [9.17, 15) is 14.0 Å². The first-order chi connectivity index (χ1) is 7.97. The van der Waals surface area contributed by atoms with Gasteiger partial charge in [0.05, 0.1) is 7.11 Å². The molecule has 1 aromatic carbocycles. The normalized spacial score (nSPS) is 12.0. The molecule has 0 saturated heterocycles. The van der Waals surface area contributed by atoms with Crippen molar-refractivity contribution in [1.29, 1.82) is 0 Å². The van der Waals surface area contributed by atoms with Crippen LogP contribution < -0.4 is 0 Å². The van der Waals surface area contributed by atoms with Gasteiger partial charge in [-0.2, -0.15) is 0 Å². The molecule has 0 radical (unpaired) electrons. The van der Waals surface area contributed by atoms with Crippen LogP contribution in [0.25, 0.3) is 0 Å². The first kappa shape index (κ1) is 13.6. The molecule has 0 heterocycles. The van der Waals surface area contributed by atoms with E-state index in [-0.39, 0.29) is 17.0 Å². The Kier molecular flexibility index (Phi) is 4.63. The van der Waals surface area contributed by atoms with E-state index < -0.39 is 23.5 Å². The molecule has 5 heteroatoms. The van der Waals surface area contributed by atoms with Gasteiger partial charge in [-0.3, -0.25) is 9.59 Å². The second-order valence-corrected chi connectivity index (χ2v) is 4.00. The maximum atomic E-state index is 13.4. The summed E-state index contributed by atoms with van der Waals surface area (Å²) in [4.78, 5) is 22.8. The molecule has 0 amide bonds. The number of carbonyl (C=O) groups excluding carboxylic acids is 2. The van der Waals surface area contributed by atoms with Crippen LogP contribution in [0.15, 0.2) is 18.2 Å². The van der Waals surface area contributed by atoms with E-state index in [1.165, 1.54) is 32.2 Å². The second-order valence-electron chi connectivity index (χ2n) is 3.59. The molecule has 17 heavy (non-hydrogen) atoms. The topological polar surface area (TPSA) is 43.4 Å². The van der Waals surface area contributed by atoms with Crippen molar-refractivity contribution in [1.82, 2.24) is 0 Å². The molecule has 1 atom stereocenters. The van der Waals surface area contributed by atoms with Crippen LogP contribution >= 0.6 is 11.6 Å². The zero-order valence-corrected chi connectivity index (χ0v) is 10.3. The van der Waals surface area contributed by atoms with Crippen molar-refractivity contribution in [2.75, 3.05) is 7.11 Å². The highest BCUT2D eigenvalue weighted by Crippen LogP contribution is 2.20. The van der Waals surface area contributed by atoms with Crippen LogP contribution in [-0.4, -0.2) is 18.9 Å². The van der Waals surface area contributed by atoms with E-state index in [0.717, 1.165) is 0 Å². The van der Waals surface area contributed by atoms with Gasteiger partial charge in [-0.15, -0.1) is 0 Å². The van der Waals surface area contributed by atoms with Gasteiger partial charge >= 0.3 is 5.97 Å². The predicted octanol–water partition coefficient (Wildman–Crippen LogP) is 2.40. The van der Waals surface area contributed by atoms with Gasteiger partial charge < -0.3 is 4.74 Å². The van der Waals surface area contributed by atoms with Crippen molar-refractivity contribution in [3.63, 3.8) is 0 Å². The Balaban J connectivity index is 2.85. The number of ketones is 1. The number of hydrogen-bond acceptors (Lipinski definition) is 3. The second kappa shape index (κ2) is 5.77. The molecule has 92 valence electrons. The lowest BCUT2D eigenvalue weighted by molar-refractivity contribution is -0.148. The molecule has 0 fully saturated rings. The van der Waals surface area contributed by atoms with Crippen LogP contribution in [0.1, 0.15) is 12.5 Å². The summed E-state index contributed by atoms with van der Waals surface area (Å²) in [5.74, 6) is -2.54. The van der Waals surface area contributed by atoms with E-state index in [1.54, 1.807) is 0 Å². The van der Waals surface area contributed by atoms with Gasteiger partial charge in [0.2, 0.25) is 0 Å². The predicted molar refractivity (Wildman–Crippen MR) is 61.3 cm³/mol. The number of hydrogen-bond donors (Lipinski definition) is 0. The minimum Gasteiger partial charge on any atom is -0.468 e. The molecule has 0 aliphatic carbocycles. The summed E-state index contributed by atoms with van der Waals surface area (Å²) in [5, 5.41) is 0.176. The lowest BCUT2D eigenvalue weighted by Crippen LogP contribution is -2.24. The third-order valence-electron chi connectivity index (χ3n) is 2.45. The molecule has 3 nitrogen and oxygen atoms in total. The number of esters is 1. The van der Waals surface area contributed by atoms with Crippen LogP contribution in [0.4, 0.5) is 4.39 Å². The van der Waals surface area contributed by atoms with Crippen molar-refractivity contribution in [3.05, 3.63) is 34.6 Å². The number of rotatable bonds is 4. The van der Waals surface area contributed by atoms with Gasteiger partial charge in [0.15, 0.2) is 5.78 Å². The van der Waals surface area contributed by atoms with E-state index in [1.807, 2.05) is 0 Å². The third kappa shape index (κ3) is 3.27. The van der Waals surface area contributed by atoms with E-state index in [4.69, 9.17) is 11.6 Å². The summed E-state index contributed by atoms with van der Waals surface area (Å²) in [7, 11) is 1.20. The molecule has 1 unspecified atom stereocenters. The average Bonchev–Trinajstić information content (AvgIpc) is 2.31. The number of benzene rings is 1. The molecule has 0 bridgehead atoms. The number of methoxy groups -OCH3 is 1. The standard InChI is InChI=1S/C12H12ClFO3/c1-7(12(16)17-2)11(15)6-8-9(13)4-3-5-10(8)14/h3-5,7H,6H2,1-2H3. The molecule has 0 aliphatic heterocycles. The fourth-order valence-corrected chi connectivity index (χ4v) is 1.57. The van der Waals surface area contributed by atoms with Crippen molar-refractivity contribution < 1.29 is 18.7 Å². The Morgan fingerprint density at radius 2 is 2.12 bits per heavy atom. The highest BCUT2D eigenvalue weighted by atomic mass is 35.5. The molecule has 0 spiro atoms. The van der Waals surface area contributed by atoms with Crippen LogP contribution in [0, 0.1) is 11.7 Å². The summed E-state index contributed by atoms with van der Waals surface area (Å²) < 4.78 is 17.8. The van der Waals surface area contributed by atoms with Crippen LogP contribution in [0.5, 0.6) is 0 Å². The van der Waals surface area contributed by atoms with Gasteiger partial charge in [-0.05, 0) is 19.1 Å². The van der Waals surface area contributed by atoms with Crippen LogP contribution in [0.3, 0.4) is 0 Å². The minimum atomic E-state index is -0.921. The van der Waals surface area contributed by atoms with Crippen LogP contribution in [-0.2, 0) is 20.7 Å². The average molecular weight is 259 g/mol.